The lowest BCUT2D eigenvalue weighted by molar-refractivity contribution is -0.122. The van der Waals surface area contributed by atoms with E-state index in [9.17, 15) is 9.59 Å². The highest BCUT2D eigenvalue weighted by atomic mass is 35.5. The predicted octanol–water partition coefficient (Wildman–Crippen LogP) is 3.69. The number of anilines is 2. The number of ketones is 1. The first-order valence-corrected chi connectivity index (χ1v) is 9.27. The zero-order chi connectivity index (χ0) is 19.4. The van der Waals surface area contributed by atoms with E-state index in [-0.39, 0.29) is 24.2 Å². The van der Waals surface area contributed by atoms with Crippen molar-refractivity contribution < 1.29 is 14.3 Å². The standard InChI is InChI=1S/C20H22ClN3O3/c1-12(2)15-9-19(24-14-5-3-4-13(21)8-14)22-10-16(15)20(26)23-11-18-17(25)6-7-27-18/h3-5,8-10,12,18H,6-7,11H2,1-2H3,(H,22,24)(H,23,26)/t18-/m0/s1. The number of aromatic nitrogens is 1. The van der Waals surface area contributed by atoms with E-state index in [1.807, 2.05) is 32.0 Å². The molecule has 0 saturated carbocycles. The molecule has 0 unspecified atom stereocenters. The van der Waals surface area contributed by atoms with Crippen molar-refractivity contribution in [3.05, 3.63) is 52.7 Å². The Balaban J connectivity index is 1.74. The number of carbonyl (C=O) groups is 2. The highest BCUT2D eigenvalue weighted by Gasteiger charge is 2.26. The Kier molecular flexibility index (Phi) is 6.08. The van der Waals surface area contributed by atoms with Crippen molar-refractivity contribution in [3.8, 4) is 0 Å². The maximum atomic E-state index is 12.6. The van der Waals surface area contributed by atoms with E-state index < -0.39 is 6.10 Å². The van der Waals surface area contributed by atoms with Crippen LogP contribution in [0.3, 0.4) is 0 Å². The van der Waals surface area contributed by atoms with E-state index in [4.69, 9.17) is 16.3 Å². The molecule has 3 rings (SSSR count). The highest BCUT2D eigenvalue weighted by molar-refractivity contribution is 6.30. The Hall–Kier alpha value is -2.44. The number of carbonyl (C=O) groups excluding carboxylic acids is 2. The van der Waals surface area contributed by atoms with Gasteiger partial charge in [-0.25, -0.2) is 4.98 Å². The van der Waals surface area contributed by atoms with Gasteiger partial charge in [0.2, 0.25) is 0 Å². The molecule has 142 valence electrons. The number of ether oxygens (including phenoxy) is 1. The van der Waals surface area contributed by atoms with Gasteiger partial charge < -0.3 is 15.4 Å². The third-order valence-corrected chi connectivity index (χ3v) is 4.61. The van der Waals surface area contributed by atoms with Gasteiger partial charge in [-0.15, -0.1) is 0 Å². The number of hydrogen-bond donors (Lipinski definition) is 2. The van der Waals surface area contributed by atoms with Gasteiger partial charge in [0.15, 0.2) is 5.78 Å². The van der Waals surface area contributed by atoms with Crippen molar-refractivity contribution in [2.45, 2.75) is 32.3 Å². The molecule has 0 radical (unpaired) electrons. The van der Waals surface area contributed by atoms with Crippen LogP contribution in [0.15, 0.2) is 36.5 Å². The molecule has 1 aromatic carbocycles. The van der Waals surface area contributed by atoms with Gasteiger partial charge in [0, 0.05) is 23.3 Å². The van der Waals surface area contributed by atoms with Gasteiger partial charge in [-0.05, 0) is 35.7 Å². The normalized spacial score (nSPS) is 16.6. The van der Waals surface area contributed by atoms with Crippen LogP contribution in [0.5, 0.6) is 0 Å². The number of nitrogens with one attached hydrogen (secondary N) is 2. The van der Waals surface area contributed by atoms with Crippen molar-refractivity contribution in [3.63, 3.8) is 0 Å². The van der Waals surface area contributed by atoms with Gasteiger partial charge in [-0.3, -0.25) is 9.59 Å². The quantitative estimate of drug-likeness (QED) is 0.790. The number of amides is 1. The van der Waals surface area contributed by atoms with Gasteiger partial charge in [0.1, 0.15) is 11.9 Å². The molecule has 0 bridgehead atoms. The monoisotopic (exact) mass is 387 g/mol. The first kappa shape index (κ1) is 19.3. The predicted molar refractivity (Wildman–Crippen MR) is 105 cm³/mol. The summed E-state index contributed by atoms with van der Waals surface area (Å²) in [4.78, 5) is 28.6. The molecule has 2 aromatic rings. The van der Waals surface area contributed by atoms with Crippen molar-refractivity contribution in [1.82, 2.24) is 10.3 Å². The summed E-state index contributed by atoms with van der Waals surface area (Å²) < 4.78 is 5.32. The molecule has 2 N–H and O–H groups in total. The average molecular weight is 388 g/mol. The number of benzene rings is 1. The SMILES string of the molecule is CC(C)c1cc(Nc2cccc(Cl)c2)ncc1C(=O)NC[C@@H]1OCCC1=O. The maximum Gasteiger partial charge on any atom is 0.253 e. The van der Waals surface area contributed by atoms with Crippen LogP contribution < -0.4 is 10.6 Å². The molecule has 1 aliphatic heterocycles. The van der Waals surface area contributed by atoms with Gasteiger partial charge in [0.25, 0.3) is 5.91 Å². The summed E-state index contributed by atoms with van der Waals surface area (Å²) in [6.07, 6.45) is 1.41. The molecule has 0 aliphatic carbocycles. The van der Waals surface area contributed by atoms with E-state index in [0.717, 1.165) is 11.3 Å². The topological polar surface area (TPSA) is 80.3 Å². The molecule has 1 fully saturated rings. The average Bonchev–Trinajstić information content (AvgIpc) is 3.04. The largest absolute Gasteiger partial charge is 0.368 e. The lowest BCUT2D eigenvalue weighted by Gasteiger charge is -2.16. The summed E-state index contributed by atoms with van der Waals surface area (Å²) in [6.45, 7) is 4.62. The molecule has 1 amide bonds. The third kappa shape index (κ3) is 4.84. The van der Waals surface area contributed by atoms with Gasteiger partial charge in [-0.1, -0.05) is 31.5 Å². The minimum Gasteiger partial charge on any atom is -0.368 e. The summed E-state index contributed by atoms with van der Waals surface area (Å²) in [5.41, 5.74) is 2.18. The van der Waals surface area contributed by atoms with Crippen LogP contribution in [0.25, 0.3) is 0 Å². The lowest BCUT2D eigenvalue weighted by Crippen LogP contribution is -2.35. The molecule has 6 nitrogen and oxygen atoms in total. The molecule has 0 spiro atoms. The van der Waals surface area contributed by atoms with Crippen LogP contribution in [0.1, 0.15) is 42.1 Å². The van der Waals surface area contributed by atoms with Gasteiger partial charge in [0.05, 0.1) is 18.7 Å². The second-order valence-corrected chi connectivity index (χ2v) is 7.17. The number of pyridine rings is 1. The molecule has 1 aliphatic rings. The van der Waals surface area contributed by atoms with Crippen LogP contribution in [0.4, 0.5) is 11.5 Å². The Morgan fingerprint density at radius 1 is 1.37 bits per heavy atom. The van der Waals surface area contributed by atoms with Crippen LogP contribution in [-0.4, -0.2) is 35.9 Å². The van der Waals surface area contributed by atoms with Crippen LogP contribution in [0.2, 0.25) is 5.02 Å². The minimum atomic E-state index is -0.548. The Bertz CT molecular complexity index is 854. The number of nitrogens with zero attached hydrogens (tertiary/aromatic N) is 1. The summed E-state index contributed by atoms with van der Waals surface area (Å²) in [5, 5.41) is 6.61. The highest BCUT2D eigenvalue weighted by Crippen LogP contribution is 2.25. The molecule has 1 aromatic heterocycles. The minimum absolute atomic E-state index is 0.0265. The lowest BCUT2D eigenvalue weighted by atomic mass is 9.98. The molecular formula is C20H22ClN3O3. The Morgan fingerprint density at radius 3 is 2.85 bits per heavy atom. The second-order valence-electron chi connectivity index (χ2n) is 6.73. The summed E-state index contributed by atoms with van der Waals surface area (Å²) >= 11 is 6.01. The van der Waals surface area contributed by atoms with E-state index >= 15 is 0 Å². The van der Waals surface area contributed by atoms with Gasteiger partial charge >= 0.3 is 0 Å². The molecule has 1 atom stereocenters. The molecule has 7 heteroatoms. The fraction of sp³-hybridized carbons (Fsp3) is 0.350. The summed E-state index contributed by atoms with van der Waals surface area (Å²) in [5.74, 6) is 0.521. The number of halogens is 1. The number of hydrogen-bond acceptors (Lipinski definition) is 5. The molecule has 1 saturated heterocycles. The van der Waals surface area contributed by atoms with E-state index in [0.29, 0.717) is 29.4 Å². The zero-order valence-corrected chi connectivity index (χ0v) is 16.0. The third-order valence-electron chi connectivity index (χ3n) is 4.37. The van der Waals surface area contributed by atoms with Gasteiger partial charge in [-0.2, -0.15) is 0 Å². The van der Waals surface area contributed by atoms with Crippen LogP contribution >= 0.6 is 11.6 Å². The second kappa shape index (κ2) is 8.50. The summed E-state index contributed by atoms with van der Waals surface area (Å²) in [7, 11) is 0. The van der Waals surface area contributed by atoms with Crippen molar-refractivity contribution >= 4 is 34.8 Å². The Morgan fingerprint density at radius 2 is 2.19 bits per heavy atom. The van der Waals surface area contributed by atoms with Crippen LogP contribution in [-0.2, 0) is 9.53 Å². The van der Waals surface area contributed by atoms with Crippen LogP contribution in [0, 0.1) is 0 Å². The zero-order valence-electron chi connectivity index (χ0n) is 15.3. The van der Waals surface area contributed by atoms with E-state index in [1.165, 1.54) is 0 Å². The Labute approximate surface area is 163 Å². The first-order chi connectivity index (χ1) is 12.9. The molecule has 27 heavy (non-hydrogen) atoms. The molecular weight excluding hydrogens is 366 g/mol. The van der Waals surface area contributed by atoms with E-state index in [2.05, 4.69) is 15.6 Å². The summed E-state index contributed by atoms with van der Waals surface area (Å²) in [6, 6.07) is 9.20. The van der Waals surface area contributed by atoms with Crippen molar-refractivity contribution in [1.29, 1.82) is 0 Å². The molecule has 2 heterocycles. The van der Waals surface area contributed by atoms with E-state index in [1.54, 1.807) is 18.3 Å². The maximum absolute atomic E-state index is 12.6. The smallest absolute Gasteiger partial charge is 0.253 e. The first-order valence-electron chi connectivity index (χ1n) is 8.89. The van der Waals surface area contributed by atoms with Crippen molar-refractivity contribution in [2.75, 3.05) is 18.5 Å². The number of Topliss-reactive ketones (excluding diaryl/α,β-unsaturated/α-hetero) is 1. The fourth-order valence-electron chi connectivity index (χ4n) is 2.93. The van der Waals surface area contributed by atoms with Crippen molar-refractivity contribution in [2.24, 2.45) is 0 Å². The number of rotatable bonds is 6. The fourth-order valence-corrected chi connectivity index (χ4v) is 3.12.